The predicted octanol–water partition coefficient (Wildman–Crippen LogP) is 3.82. The number of nitrogens with one attached hydrogen (secondary N) is 1. The average molecular weight is 259 g/mol. The number of hydrogen-bond acceptors (Lipinski definition) is 2. The number of fused-ring (bicyclic) bond motifs is 1. The first-order chi connectivity index (χ1) is 9.04. The first-order valence-corrected chi connectivity index (χ1v) is 7.58. The Kier molecular flexibility index (Phi) is 3.09. The molecule has 0 spiro atoms. The van der Waals surface area contributed by atoms with Gasteiger partial charge in [-0.05, 0) is 45.1 Å². The fourth-order valence-electron chi connectivity index (χ4n) is 3.36. The van der Waals surface area contributed by atoms with Crippen molar-refractivity contribution >= 4 is 0 Å². The van der Waals surface area contributed by atoms with Crippen molar-refractivity contribution in [3.8, 4) is 5.75 Å². The van der Waals surface area contributed by atoms with Gasteiger partial charge in [0, 0.05) is 24.1 Å². The second kappa shape index (κ2) is 4.52. The van der Waals surface area contributed by atoms with Crippen LogP contribution in [-0.2, 0) is 13.0 Å². The molecule has 1 heterocycles. The molecular weight excluding hydrogens is 234 g/mol. The van der Waals surface area contributed by atoms with Crippen LogP contribution >= 0.6 is 0 Å². The van der Waals surface area contributed by atoms with Gasteiger partial charge in [0.25, 0.3) is 0 Å². The highest BCUT2D eigenvalue weighted by molar-refractivity contribution is 5.45. The summed E-state index contributed by atoms with van der Waals surface area (Å²) in [5.41, 5.74) is 3.04. The molecule has 2 nitrogen and oxygen atoms in total. The van der Waals surface area contributed by atoms with Gasteiger partial charge in [-0.3, -0.25) is 0 Å². The van der Waals surface area contributed by atoms with Crippen molar-refractivity contribution in [1.29, 1.82) is 0 Å². The van der Waals surface area contributed by atoms with E-state index in [0.29, 0.717) is 5.54 Å². The summed E-state index contributed by atoms with van der Waals surface area (Å²) in [6.07, 6.45) is 6.27. The monoisotopic (exact) mass is 259 g/mol. The molecule has 0 aromatic heterocycles. The molecule has 0 radical (unpaired) electrons. The zero-order valence-electron chi connectivity index (χ0n) is 12.4. The Bertz CT molecular complexity index is 469. The highest BCUT2D eigenvalue weighted by Crippen LogP contribution is 2.39. The minimum absolute atomic E-state index is 0.0443. The van der Waals surface area contributed by atoms with Gasteiger partial charge in [0.15, 0.2) is 0 Å². The van der Waals surface area contributed by atoms with Crippen molar-refractivity contribution < 1.29 is 4.74 Å². The Morgan fingerprint density at radius 3 is 2.68 bits per heavy atom. The summed E-state index contributed by atoms with van der Waals surface area (Å²) in [4.78, 5) is 0. The number of ether oxygens (including phenoxy) is 1. The molecule has 0 bridgehead atoms. The molecule has 0 amide bonds. The third kappa shape index (κ3) is 2.38. The lowest BCUT2D eigenvalue weighted by molar-refractivity contribution is 0.135. The van der Waals surface area contributed by atoms with Gasteiger partial charge in [0.2, 0.25) is 0 Å². The quantitative estimate of drug-likeness (QED) is 0.887. The van der Waals surface area contributed by atoms with Crippen LogP contribution in [0.3, 0.4) is 0 Å². The molecule has 0 atom stereocenters. The predicted molar refractivity (Wildman–Crippen MR) is 78.6 cm³/mol. The van der Waals surface area contributed by atoms with Crippen LogP contribution in [-0.4, -0.2) is 11.1 Å². The number of hydrogen-bond donors (Lipinski definition) is 1. The Morgan fingerprint density at radius 2 is 2.05 bits per heavy atom. The Balaban J connectivity index is 1.75. The van der Waals surface area contributed by atoms with Crippen LogP contribution in [0.4, 0.5) is 0 Å². The largest absolute Gasteiger partial charge is 0.487 e. The lowest BCUT2D eigenvalue weighted by Gasteiger charge is -2.42. The maximum Gasteiger partial charge on any atom is 0.127 e. The van der Waals surface area contributed by atoms with Gasteiger partial charge < -0.3 is 10.1 Å². The molecule has 1 aromatic carbocycles. The van der Waals surface area contributed by atoms with Crippen molar-refractivity contribution in [2.24, 2.45) is 0 Å². The lowest BCUT2D eigenvalue weighted by atomic mass is 9.75. The molecule has 1 fully saturated rings. The summed E-state index contributed by atoms with van der Waals surface area (Å²) in [5.74, 6) is 1.13. The van der Waals surface area contributed by atoms with E-state index in [9.17, 15) is 0 Å². The second-order valence-corrected chi connectivity index (χ2v) is 6.78. The van der Waals surface area contributed by atoms with Gasteiger partial charge in [0.05, 0.1) is 0 Å². The molecule has 1 aromatic rings. The van der Waals surface area contributed by atoms with Gasteiger partial charge in [-0.25, -0.2) is 0 Å². The summed E-state index contributed by atoms with van der Waals surface area (Å²) in [7, 11) is 0. The van der Waals surface area contributed by atoms with Crippen LogP contribution in [0.2, 0.25) is 0 Å². The molecule has 0 saturated heterocycles. The molecule has 0 unspecified atom stereocenters. The molecule has 1 N–H and O–H groups in total. The smallest absolute Gasteiger partial charge is 0.127 e. The Hall–Kier alpha value is -1.02. The summed E-state index contributed by atoms with van der Waals surface area (Å²) in [6.45, 7) is 7.57. The van der Waals surface area contributed by atoms with Crippen molar-refractivity contribution in [2.75, 3.05) is 0 Å². The van der Waals surface area contributed by atoms with Gasteiger partial charge in [-0.2, -0.15) is 0 Å². The summed E-state index contributed by atoms with van der Waals surface area (Å²) < 4.78 is 6.14. The molecule has 3 rings (SSSR count). The van der Waals surface area contributed by atoms with Gasteiger partial charge >= 0.3 is 0 Å². The van der Waals surface area contributed by atoms with E-state index in [1.165, 1.54) is 36.8 Å². The van der Waals surface area contributed by atoms with E-state index < -0.39 is 0 Å². The second-order valence-electron chi connectivity index (χ2n) is 6.78. The van der Waals surface area contributed by atoms with Crippen molar-refractivity contribution in [1.82, 2.24) is 5.32 Å². The van der Waals surface area contributed by atoms with E-state index >= 15 is 0 Å². The molecular formula is C17H25NO. The zero-order chi connectivity index (χ0) is 13.5. The van der Waals surface area contributed by atoms with Crippen LogP contribution in [0.5, 0.6) is 5.75 Å². The molecule has 19 heavy (non-hydrogen) atoms. The van der Waals surface area contributed by atoms with Gasteiger partial charge in [-0.1, -0.05) is 25.1 Å². The van der Waals surface area contributed by atoms with Crippen LogP contribution in [0, 0.1) is 0 Å². The molecule has 104 valence electrons. The third-order valence-electron chi connectivity index (χ3n) is 4.81. The first kappa shape index (κ1) is 13.0. The maximum absolute atomic E-state index is 6.14. The minimum atomic E-state index is -0.0443. The van der Waals surface area contributed by atoms with E-state index in [-0.39, 0.29) is 5.60 Å². The average Bonchev–Trinajstić information content (AvgIpc) is 2.63. The van der Waals surface area contributed by atoms with Crippen LogP contribution in [0.15, 0.2) is 18.2 Å². The number of para-hydroxylation sites is 1. The highest BCUT2D eigenvalue weighted by Gasteiger charge is 2.35. The van der Waals surface area contributed by atoms with Crippen LogP contribution < -0.4 is 10.1 Å². The van der Waals surface area contributed by atoms with Crippen LogP contribution in [0.1, 0.15) is 57.6 Å². The SMILES string of the molecule is CCC1(NCc2cccc3c2OC(C)(C)C3)CCC1. The Morgan fingerprint density at radius 1 is 1.26 bits per heavy atom. The van der Waals surface area contributed by atoms with Crippen molar-refractivity contribution in [2.45, 2.75) is 70.6 Å². The maximum atomic E-state index is 6.14. The minimum Gasteiger partial charge on any atom is -0.487 e. The summed E-state index contributed by atoms with van der Waals surface area (Å²) >= 11 is 0. The van der Waals surface area contributed by atoms with E-state index in [2.05, 4.69) is 44.3 Å². The standard InChI is InChI=1S/C17H25NO/c1-4-17(9-6-10-17)18-12-14-8-5-7-13-11-16(2,3)19-15(13)14/h5,7-8,18H,4,6,9-12H2,1-3H3. The van der Waals surface area contributed by atoms with E-state index in [0.717, 1.165) is 18.7 Å². The zero-order valence-corrected chi connectivity index (χ0v) is 12.4. The molecule has 1 saturated carbocycles. The van der Waals surface area contributed by atoms with Crippen molar-refractivity contribution in [3.05, 3.63) is 29.3 Å². The normalized spacial score (nSPS) is 22.5. The summed E-state index contributed by atoms with van der Waals surface area (Å²) in [6, 6.07) is 6.57. The molecule has 1 aliphatic heterocycles. The number of rotatable bonds is 4. The lowest BCUT2D eigenvalue weighted by Crippen LogP contribution is -2.49. The highest BCUT2D eigenvalue weighted by atomic mass is 16.5. The topological polar surface area (TPSA) is 21.3 Å². The fourth-order valence-corrected chi connectivity index (χ4v) is 3.36. The van der Waals surface area contributed by atoms with E-state index in [4.69, 9.17) is 4.74 Å². The van der Waals surface area contributed by atoms with Crippen LogP contribution in [0.25, 0.3) is 0 Å². The van der Waals surface area contributed by atoms with E-state index in [1.807, 2.05) is 0 Å². The number of benzene rings is 1. The summed E-state index contributed by atoms with van der Waals surface area (Å²) in [5, 5.41) is 3.78. The fraction of sp³-hybridized carbons (Fsp3) is 0.647. The van der Waals surface area contributed by atoms with Gasteiger partial charge in [-0.15, -0.1) is 0 Å². The molecule has 2 heteroatoms. The first-order valence-electron chi connectivity index (χ1n) is 7.58. The van der Waals surface area contributed by atoms with Gasteiger partial charge in [0.1, 0.15) is 11.4 Å². The Labute approximate surface area is 116 Å². The van der Waals surface area contributed by atoms with Crippen molar-refractivity contribution in [3.63, 3.8) is 0 Å². The molecule has 2 aliphatic rings. The molecule has 1 aliphatic carbocycles. The third-order valence-corrected chi connectivity index (χ3v) is 4.81. The van der Waals surface area contributed by atoms with E-state index in [1.54, 1.807) is 0 Å².